The smallest absolute Gasteiger partial charge is 0.241 e. The minimum absolute atomic E-state index is 0. The van der Waals surface area contributed by atoms with Gasteiger partial charge in [0.15, 0.2) is 0 Å². The van der Waals surface area contributed by atoms with Crippen LogP contribution in [0.15, 0.2) is 36.7 Å². The summed E-state index contributed by atoms with van der Waals surface area (Å²) in [6.07, 6.45) is 4.18. The fourth-order valence-corrected chi connectivity index (χ4v) is 2.60. The maximum absolute atomic E-state index is 12.4. The molecule has 0 bridgehead atoms. The summed E-state index contributed by atoms with van der Waals surface area (Å²) in [7, 11) is 1.65. The summed E-state index contributed by atoms with van der Waals surface area (Å²) < 4.78 is 6.76. The van der Waals surface area contributed by atoms with E-state index >= 15 is 0 Å². The molecule has 3 rings (SSSR count). The molecule has 6 nitrogen and oxygen atoms in total. The number of nitrogens with one attached hydrogen (secondary N) is 2. The third kappa shape index (κ3) is 4.31. The topological polar surface area (TPSA) is 68.2 Å². The Balaban J connectivity index is 0.00000192. The van der Waals surface area contributed by atoms with E-state index in [4.69, 9.17) is 4.74 Å². The number of fused-ring (bicyclic) bond motifs is 1. The number of carbonyl (C=O) groups is 1. The van der Waals surface area contributed by atoms with Crippen LogP contribution in [-0.2, 0) is 29.0 Å². The molecule has 1 aromatic carbocycles. The van der Waals surface area contributed by atoms with Crippen LogP contribution in [-0.4, -0.2) is 35.4 Å². The second-order valence-corrected chi connectivity index (χ2v) is 5.38. The molecule has 2 aromatic rings. The van der Waals surface area contributed by atoms with Crippen LogP contribution in [0.25, 0.3) is 0 Å². The quantitative estimate of drug-likeness (QED) is 0.870. The van der Waals surface area contributed by atoms with Crippen LogP contribution in [0.1, 0.15) is 11.1 Å². The molecule has 0 aliphatic carbocycles. The van der Waals surface area contributed by atoms with E-state index in [1.165, 1.54) is 11.1 Å². The summed E-state index contributed by atoms with van der Waals surface area (Å²) in [6.45, 7) is 1.98. The van der Waals surface area contributed by atoms with Crippen LogP contribution in [0.5, 0.6) is 0 Å². The molecule has 124 valence electrons. The van der Waals surface area contributed by atoms with E-state index in [1.807, 2.05) is 18.3 Å². The lowest BCUT2D eigenvalue weighted by molar-refractivity contribution is -0.118. The summed E-state index contributed by atoms with van der Waals surface area (Å²) in [5, 5.41) is 10.4. The maximum Gasteiger partial charge on any atom is 0.241 e. The van der Waals surface area contributed by atoms with Gasteiger partial charge in [0, 0.05) is 19.9 Å². The molecule has 1 aliphatic rings. The SMILES string of the molecule is COCCn1cc(NC(=O)C2Cc3ccccc3CN2)cn1.Cl. The van der Waals surface area contributed by atoms with Crippen LogP contribution in [0, 0.1) is 0 Å². The summed E-state index contributed by atoms with van der Waals surface area (Å²) in [5.74, 6) is -0.0270. The molecule has 23 heavy (non-hydrogen) atoms. The molecule has 0 saturated carbocycles. The first-order chi connectivity index (χ1) is 10.8. The van der Waals surface area contributed by atoms with E-state index in [2.05, 4.69) is 27.9 Å². The summed E-state index contributed by atoms with van der Waals surface area (Å²) >= 11 is 0. The number of hydrogen-bond donors (Lipinski definition) is 2. The fourth-order valence-electron chi connectivity index (χ4n) is 2.60. The Morgan fingerprint density at radius 1 is 1.43 bits per heavy atom. The van der Waals surface area contributed by atoms with Crippen molar-refractivity contribution >= 4 is 24.0 Å². The lowest BCUT2D eigenvalue weighted by Crippen LogP contribution is -2.44. The Labute approximate surface area is 141 Å². The minimum Gasteiger partial charge on any atom is -0.383 e. The normalized spacial score (nSPS) is 16.3. The lowest BCUT2D eigenvalue weighted by atomic mass is 9.95. The van der Waals surface area contributed by atoms with Crippen molar-refractivity contribution in [1.29, 1.82) is 0 Å². The standard InChI is InChI=1S/C16H20N4O2.ClH/c1-22-7-6-20-11-14(10-18-20)19-16(21)15-8-12-4-2-3-5-13(12)9-17-15;/h2-5,10-11,15,17H,6-9H2,1H3,(H,19,21);1H. The van der Waals surface area contributed by atoms with Gasteiger partial charge in [0.2, 0.25) is 5.91 Å². The Bertz CT molecular complexity index is 659. The van der Waals surface area contributed by atoms with Gasteiger partial charge in [-0.05, 0) is 17.5 Å². The minimum atomic E-state index is -0.211. The van der Waals surface area contributed by atoms with Crippen LogP contribution in [0.4, 0.5) is 5.69 Å². The van der Waals surface area contributed by atoms with Crippen molar-refractivity contribution in [3.05, 3.63) is 47.8 Å². The number of halogens is 1. The molecule has 0 radical (unpaired) electrons. The number of benzene rings is 1. The number of anilines is 1. The molecule has 7 heteroatoms. The maximum atomic E-state index is 12.4. The van der Waals surface area contributed by atoms with Crippen LogP contribution in [0.3, 0.4) is 0 Å². The number of methoxy groups -OCH3 is 1. The van der Waals surface area contributed by atoms with Gasteiger partial charge in [-0.1, -0.05) is 24.3 Å². The van der Waals surface area contributed by atoms with Crippen molar-refractivity contribution < 1.29 is 9.53 Å². The number of nitrogens with zero attached hydrogens (tertiary/aromatic N) is 2. The number of amides is 1. The third-order valence-electron chi connectivity index (χ3n) is 3.82. The summed E-state index contributed by atoms with van der Waals surface area (Å²) in [4.78, 5) is 12.4. The van der Waals surface area contributed by atoms with Gasteiger partial charge in [-0.3, -0.25) is 9.48 Å². The molecular formula is C16H21ClN4O2. The van der Waals surface area contributed by atoms with Crippen LogP contribution >= 0.6 is 12.4 Å². The van der Waals surface area contributed by atoms with E-state index in [0.29, 0.717) is 25.3 Å². The van der Waals surface area contributed by atoms with Crippen molar-refractivity contribution in [1.82, 2.24) is 15.1 Å². The predicted molar refractivity (Wildman–Crippen MR) is 90.8 cm³/mol. The van der Waals surface area contributed by atoms with E-state index < -0.39 is 0 Å². The molecule has 1 aromatic heterocycles. The molecule has 1 aliphatic heterocycles. The second-order valence-electron chi connectivity index (χ2n) is 5.38. The van der Waals surface area contributed by atoms with Crippen molar-refractivity contribution in [2.75, 3.05) is 19.0 Å². The van der Waals surface area contributed by atoms with Gasteiger partial charge in [0.1, 0.15) is 0 Å². The number of aromatic nitrogens is 2. The summed E-state index contributed by atoms with van der Waals surface area (Å²) in [6, 6.07) is 8.00. The molecule has 2 heterocycles. The monoisotopic (exact) mass is 336 g/mol. The zero-order valence-electron chi connectivity index (χ0n) is 13.0. The van der Waals surface area contributed by atoms with Crippen molar-refractivity contribution in [2.24, 2.45) is 0 Å². The van der Waals surface area contributed by atoms with E-state index in [0.717, 1.165) is 6.54 Å². The largest absolute Gasteiger partial charge is 0.383 e. The fraction of sp³-hybridized carbons (Fsp3) is 0.375. The molecule has 1 unspecified atom stereocenters. The van der Waals surface area contributed by atoms with Gasteiger partial charge >= 0.3 is 0 Å². The van der Waals surface area contributed by atoms with Gasteiger partial charge in [-0.2, -0.15) is 5.10 Å². The van der Waals surface area contributed by atoms with Crippen molar-refractivity contribution in [2.45, 2.75) is 25.6 Å². The first-order valence-corrected chi connectivity index (χ1v) is 7.38. The highest BCUT2D eigenvalue weighted by atomic mass is 35.5. The van der Waals surface area contributed by atoms with Crippen molar-refractivity contribution in [3.8, 4) is 0 Å². The predicted octanol–water partition coefficient (Wildman–Crippen LogP) is 1.60. The van der Waals surface area contributed by atoms with Gasteiger partial charge in [-0.15, -0.1) is 12.4 Å². The van der Waals surface area contributed by atoms with E-state index in [9.17, 15) is 4.79 Å². The molecular weight excluding hydrogens is 316 g/mol. The van der Waals surface area contributed by atoms with Crippen molar-refractivity contribution in [3.63, 3.8) is 0 Å². The molecule has 0 fully saturated rings. The average Bonchev–Trinajstić information content (AvgIpc) is 2.99. The first kappa shape index (κ1) is 17.5. The number of rotatable bonds is 5. The highest BCUT2D eigenvalue weighted by Crippen LogP contribution is 2.17. The molecule has 0 spiro atoms. The second kappa shape index (κ2) is 8.10. The average molecular weight is 337 g/mol. The highest BCUT2D eigenvalue weighted by molar-refractivity contribution is 5.95. The first-order valence-electron chi connectivity index (χ1n) is 7.38. The van der Waals surface area contributed by atoms with Gasteiger partial charge in [0.05, 0.1) is 31.1 Å². The van der Waals surface area contributed by atoms with Gasteiger partial charge < -0.3 is 15.4 Å². The van der Waals surface area contributed by atoms with E-state index in [-0.39, 0.29) is 24.4 Å². The highest BCUT2D eigenvalue weighted by Gasteiger charge is 2.24. The number of carbonyl (C=O) groups excluding carboxylic acids is 1. The van der Waals surface area contributed by atoms with Gasteiger partial charge in [-0.25, -0.2) is 0 Å². The Morgan fingerprint density at radius 3 is 3.00 bits per heavy atom. The zero-order valence-corrected chi connectivity index (χ0v) is 13.8. The Morgan fingerprint density at radius 2 is 2.22 bits per heavy atom. The Hall–Kier alpha value is -1.89. The number of ether oxygens (including phenoxy) is 1. The van der Waals surface area contributed by atoms with E-state index in [1.54, 1.807) is 18.0 Å². The summed E-state index contributed by atoms with van der Waals surface area (Å²) in [5.41, 5.74) is 3.21. The lowest BCUT2D eigenvalue weighted by Gasteiger charge is -2.25. The van der Waals surface area contributed by atoms with Gasteiger partial charge in [0.25, 0.3) is 0 Å². The zero-order chi connectivity index (χ0) is 15.4. The van der Waals surface area contributed by atoms with Crippen LogP contribution < -0.4 is 10.6 Å². The third-order valence-corrected chi connectivity index (χ3v) is 3.82. The molecule has 0 saturated heterocycles. The molecule has 2 N–H and O–H groups in total. The van der Waals surface area contributed by atoms with Crippen LogP contribution in [0.2, 0.25) is 0 Å². The number of hydrogen-bond acceptors (Lipinski definition) is 4. The molecule has 1 atom stereocenters. The molecule has 1 amide bonds. The Kier molecular flexibility index (Phi) is 6.15.